The molecular weight excluding hydrogens is 685 g/mol. The van der Waals surface area contributed by atoms with Crippen molar-refractivity contribution in [2.24, 2.45) is 0 Å². The molecule has 1 aliphatic carbocycles. The van der Waals surface area contributed by atoms with Gasteiger partial charge in [-0.1, -0.05) is 152 Å². The van der Waals surface area contributed by atoms with E-state index in [4.69, 9.17) is 9.97 Å². The van der Waals surface area contributed by atoms with Crippen LogP contribution in [0.2, 0.25) is 0 Å². The monoisotopic (exact) mass is 722 g/mol. The highest BCUT2D eigenvalue weighted by molar-refractivity contribution is 7.26. The first-order chi connectivity index (χ1) is 27.1. The van der Waals surface area contributed by atoms with Crippen molar-refractivity contribution in [3.05, 3.63) is 192 Å². The first kappa shape index (κ1) is 33.2. The molecule has 0 atom stereocenters. The average molecular weight is 723 g/mol. The van der Waals surface area contributed by atoms with E-state index in [0.29, 0.717) is 0 Å². The zero-order chi connectivity index (χ0) is 37.0. The van der Waals surface area contributed by atoms with Crippen LogP contribution in [-0.4, -0.2) is 9.97 Å². The Bertz CT molecular complexity index is 3070. The molecular formula is C52H38N2S. The van der Waals surface area contributed by atoms with Gasteiger partial charge in [0.2, 0.25) is 0 Å². The zero-order valence-electron chi connectivity index (χ0n) is 30.9. The van der Waals surface area contributed by atoms with Gasteiger partial charge in [-0.3, -0.25) is 0 Å². The number of hydrogen-bond donors (Lipinski definition) is 0. The van der Waals surface area contributed by atoms with Gasteiger partial charge in [0.15, 0.2) is 5.82 Å². The largest absolute Gasteiger partial charge is 0.228 e. The lowest BCUT2D eigenvalue weighted by atomic mass is 9.84. The molecule has 1 aliphatic rings. The molecule has 0 spiro atoms. The number of fused-ring (bicyclic) bond motifs is 6. The number of allylic oxidation sites excluding steroid dienone is 5. The Balaban J connectivity index is 1.23. The molecule has 10 rings (SSSR count). The number of rotatable bonds is 6. The summed E-state index contributed by atoms with van der Waals surface area (Å²) < 4.78 is 2.54. The maximum Gasteiger partial charge on any atom is 0.161 e. The molecule has 0 saturated carbocycles. The van der Waals surface area contributed by atoms with Gasteiger partial charge >= 0.3 is 0 Å². The fourth-order valence-corrected chi connectivity index (χ4v) is 9.90. The van der Waals surface area contributed by atoms with Crippen LogP contribution in [0.1, 0.15) is 35.2 Å². The number of nitrogens with zero attached hydrogens (tertiary/aromatic N) is 2. The zero-order valence-corrected chi connectivity index (χ0v) is 31.8. The van der Waals surface area contributed by atoms with Crippen molar-refractivity contribution in [3.8, 4) is 33.8 Å². The Morgan fingerprint density at radius 2 is 1.24 bits per heavy atom. The number of aryl methyl sites for hydroxylation is 1. The fraction of sp³-hybridized carbons (Fsp3) is 0.0769. The Hall–Kier alpha value is -6.42. The van der Waals surface area contributed by atoms with Crippen LogP contribution in [0.3, 0.4) is 0 Å². The van der Waals surface area contributed by atoms with Crippen LogP contribution in [0, 0.1) is 13.8 Å². The minimum atomic E-state index is 0.751. The first-order valence-corrected chi connectivity index (χ1v) is 19.8. The molecule has 55 heavy (non-hydrogen) atoms. The van der Waals surface area contributed by atoms with Gasteiger partial charge in [0.05, 0.1) is 11.4 Å². The molecule has 2 heterocycles. The average Bonchev–Trinajstić information content (AvgIpc) is 3.63. The summed E-state index contributed by atoms with van der Waals surface area (Å²) in [5.41, 5.74) is 14.0. The van der Waals surface area contributed by atoms with Crippen LogP contribution < -0.4 is 0 Å². The molecule has 0 bridgehead atoms. The van der Waals surface area contributed by atoms with Gasteiger partial charge in [-0.05, 0) is 93.8 Å². The minimum Gasteiger partial charge on any atom is -0.228 e. The second-order valence-electron chi connectivity index (χ2n) is 14.5. The molecule has 7 aromatic carbocycles. The normalized spacial score (nSPS) is 13.2. The molecule has 262 valence electrons. The molecule has 9 aromatic rings. The lowest BCUT2D eigenvalue weighted by molar-refractivity contribution is 0.990. The third kappa shape index (κ3) is 5.54. The Morgan fingerprint density at radius 3 is 2.07 bits per heavy atom. The Morgan fingerprint density at radius 1 is 0.582 bits per heavy atom. The first-order valence-electron chi connectivity index (χ1n) is 19.0. The summed E-state index contributed by atoms with van der Waals surface area (Å²) in [5.74, 6) is 0.751. The smallest absolute Gasteiger partial charge is 0.161 e. The van der Waals surface area contributed by atoms with E-state index in [0.717, 1.165) is 52.1 Å². The van der Waals surface area contributed by atoms with Crippen LogP contribution in [0.4, 0.5) is 0 Å². The second-order valence-corrected chi connectivity index (χ2v) is 15.6. The van der Waals surface area contributed by atoms with E-state index < -0.39 is 0 Å². The topological polar surface area (TPSA) is 25.8 Å². The number of hydrogen-bond acceptors (Lipinski definition) is 3. The van der Waals surface area contributed by atoms with Gasteiger partial charge in [0.1, 0.15) is 0 Å². The van der Waals surface area contributed by atoms with Crippen molar-refractivity contribution in [2.75, 3.05) is 0 Å². The second kappa shape index (κ2) is 13.5. The van der Waals surface area contributed by atoms with Crippen molar-refractivity contribution in [3.63, 3.8) is 0 Å². The van der Waals surface area contributed by atoms with Gasteiger partial charge in [-0.2, -0.15) is 0 Å². The summed E-state index contributed by atoms with van der Waals surface area (Å²) in [4.78, 5) is 11.0. The standard InChI is InChI=1S/C52H38N2S/c1-4-34-28-29-37(30-45(34)38-21-10-8-16-32(38)2)50-33(3)49(36-18-6-5-7-19-36)53-52(54-50)46-31-47-48(42-24-13-12-23-41(42)46)44-27-15-26-43(51(44)55-47)40-25-14-20-35-17-9-11-22-39(35)40/h4-27,30-31H,1,28-29H2,2-3H3. The summed E-state index contributed by atoms with van der Waals surface area (Å²) in [6, 6.07) is 52.5. The summed E-state index contributed by atoms with van der Waals surface area (Å²) in [6.45, 7) is 8.58. The maximum atomic E-state index is 5.54. The minimum absolute atomic E-state index is 0.751. The van der Waals surface area contributed by atoms with E-state index in [1.807, 2.05) is 17.4 Å². The van der Waals surface area contributed by atoms with E-state index in [9.17, 15) is 0 Å². The van der Waals surface area contributed by atoms with Crippen molar-refractivity contribution in [1.82, 2.24) is 9.97 Å². The third-order valence-electron chi connectivity index (χ3n) is 11.3. The van der Waals surface area contributed by atoms with Gasteiger partial charge in [-0.15, -0.1) is 11.3 Å². The number of thiophene rings is 1. The highest BCUT2D eigenvalue weighted by Crippen LogP contribution is 2.47. The lowest BCUT2D eigenvalue weighted by Crippen LogP contribution is -2.06. The summed E-state index contributed by atoms with van der Waals surface area (Å²) in [7, 11) is 0. The van der Waals surface area contributed by atoms with Crippen LogP contribution >= 0.6 is 11.3 Å². The highest BCUT2D eigenvalue weighted by atomic mass is 32.1. The van der Waals surface area contributed by atoms with Gasteiger partial charge < -0.3 is 0 Å². The highest BCUT2D eigenvalue weighted by Gasteiger charge is 2.23. The third-order valence-corrected chi connectivity index (χ3v) is 12.5. The SMILES string of the molecule is C=CC1=C(c2ccccc2C)C=C(c2nc(-c3cc4sc5c(-c6cccc7ccccc67)cccc5c4c4ccccc34)nc(-c3ccccc3)c2C)CC1. The maximum absolute atomic E-state index is 5.54. The van der Waals surface area contributed by atoms with Gasteiger partial charge in [-0.25, -0.2) is 9.97 Å². The van der Waals surface area contributed by atoms with Crippen molar-refractivity contribution < 1.29 is 0 Å². The fourth-order valence-electron chi connectivity index (χ4n) is 8.61. The summed E-state index contributed by atoms with van der Waals surface area (Å²) >= 11 is 1.87. The summed E-state index contributed by atoms with van der Waals surface area (Å²) in [5, 5.41) is 7.48. The molecule has 2 aromatic heterocycles. The number of benzene rings is 7. The van der Waals surface area contributed by atoms with E-state index >= 15 is 0 Å². The molecule has 0 amide bonds. The van der Waals surface area contributed by atoms with E-state index in [2.05, 4.69) is 172 Å². The molecule has 0 aliphatic heterocycles. The molecule has 0 unspecified atom stereocenters. The molecule has 0 N–H and O–H groups in total. The van der Waals surface area contributed by atoms with Gasteiger partial charge in [0.25, 0.3) is 0 Å². The molecule has 2 nitrogen and oxygen atoms in total. The molecule has 0 radical (unpaired) electrons. The van der Waals surface area contributed by atoms with Crippen LogP contribution in [0.25, 0.3) is 86.6 Å². The van der Waals surface area contributed by atoms with E-state index in [1.165, 1.54) is 75.3 Å². The predicted octanol–water partition coefficient (Wildman–Crippen LogP) is 14.6. The predicted molar refractivity (Wildman–Crippen MR) is 236 cm³/mol. The molecule has 0 fully saturated rings. The van der Waals surface area contributed by atoms with Crippen LogP contribution in [0.5, 0.6) is 0 Å². The quantitative estimate of drug-likeness (QED) is 0.171. The Kier molecular flexibility index (Phi) is 8.12. The number of aromatic nitrogens is 2. The van der Waals surface area contributed by atoms with Crippen molar-refractivity contribution in [2.45, 2.75) is 26.7 Å². The van der Waals surface area contributed by atoms with Gasteiger partial charge in [0, 0.05) is 42.4 Å². The van der Waals surface area contributed by atoms with Crippen LogP contribution in [-0.2, 0) is 0 Å². The summed E-state index contributed by atoms with van der Waals surface area (Å²) in [6.07, 6.45) is 6.18. The van der Waals surface area contributed by atoms with Crippen molar-refractivity contribution in [1.29, 1.82) is 0 Å². The van der Waals surface area contributed by atoms with Crippen LogP contribution in [0.15, 0.2) is 170 Å². The molecule has 0 saturated heterocycles. The van der Waals surface area contributed by atoms with E-state index in [1.54, 1.807) is 0 Å². The van der Waals surface area contributed by atoms with E-state index in [-0.39, 0.29) is 0 Å². The molecule has 3 heteroatoms. The Labute approximate surface area is 325 Å². The lowest BCUT2D eigenvalue weighted by Gasteiger charge is -2.22. The van der Waals surface area contributed by atoms with Crippen molar-refractivity contribution >= 4 is 64.2 Å².